The van der Waals surface area contributed by atoms with Crippen molar-refractivity contribution in [2.45, 2.75) is 4.83 Å². The third kappa shape index (κ3) is 3.79. The second-order valence-corrected chi connectivity index (χ2v) is 5.30. The largest absolute Gasteiger partial charge is 0.308 e. The van der Waals surface area contributed by atoms with Crippen LogP contribution in [0.25, 0.3) is 0 Å². The Balaban J connectivity index is 2.66. The molecule has 0 aliphatic rings. The Morgan fingerprint density at radius 3 is 2.23 bits per heavy atom. The van der Waals surface area contributed by atoms with Crippen molar-refractivity contribution in [3.63, 3.8) is 0 Å². The zero-order chi connectivity index (χ0) is 9.84. The molecule has 0 heterocycles. The standard InChI is InChI=1S/C10H13Br2N/c1-13(2)7-10(12)8-3-5-9(11)6-4-8/h3-6,10H,7H2,1-2H3. The van der Waals surface area contributed by atoms with Gasteiger partial charge in [-0.1, -0.05) is 44.0 Å². The molecule has 13 heavy (non-hydrogen) atoms. The zero-order valence-corrected chi connectivity index (χ0v) is 11.0. The van der Waals surface area contributed by atoms with Crippen molar-refractivity contribution >= 4 is 31.9 Å². The lowest BCUT2D eigenvalue weighted by molar-refractivity contribution is 0.412. The van der Waals surface area contributed by atoms with E-state index in [4.69, 9.17) is 0 Å². The van der Waals surface area contributed by atoms with E-state index in [1.54, 1.807) is 0 Å². The minimum absolute atomic E-state index is 0.413. The molecule has 0 amide bonds. The minimum atomic E-state index is 0.413. The first-order valence-corrected chi connectivity index (χ1v) is 5.84. The third-order valence-electron chi connectivity index (χ3n) is 1.76. The summed E-state index contributed by atoms with van der Waals surface area (Å²) in [6, 6.07) is 8.40. The van der Waals surface area contributed by atoms with Gasteiger partial charge in [0.2, 0.25) is 0 Å². The van der Waals surface area contributed by atoms with E-state index >= 15 is 0 Å². The Hall–Kier alpha value is 0.140. The Morgan fingerprint density at radius 2 is 1.77 bits per heavy atom. The summed E-state index contributed by atoms with van der Waals surface area (Å²) in [5, 5.41) is 0. The van der Waals surface area contributed by atoms with Crippen molar-refractivity contribution < 1.29 is 0 Å². The SMILES string of the molecule is CN(C)CC(Br)c1ccc(Br)cc1. The van der Waals surface area contributed by atoms with Crippen LogP contribution in [-0.2, 0) is 0 Å². The first-order valence-electron chi connectivity index (χ1n) is 4.14. The lowest BCUT2D eigenvalue weighted by Gasteiger charge is -2.15. The molecule has 0 spiro atoms. The number of hydrogen-bond donors (Lipinski definition) is 0. The molecule has 1 rings (SSSR count). The van der Waals surface area contributed by atoms with Gasteiger partial charge in [0, 0.05) is 11.0 Å². The molecule has 0 saturated heterocycles. The fourth-order valence-electron chi connectivity index (χ4n) is 1.10. The van der Waals surface area contributed by atoms with Gasteiger partial charge in [-0.15, -0.1) is 0 Å². The highest BCUT2D eigenvalue weighted by molar-refractivity contribution is 9.10. The first-order chi connectivity index (χ1) is 6.09. The lowest BCUT2D eigenvalue weighted by atomic mass is 10.1. The van der Waals surface area contributed by atoms with Gasteiger partial charge in [-0.25, -0.2) is 0 Å². The molecule has 1 nitrogen and oxygen atoms in total. The van der Waals surface area contributed by atoms with Gasteiger partial charge in [0.25, 0.3) is 0 Å². The predicted molar refractivity (Wildman–Crippen MR) is 64.4 cm³/mol. The van der Waals surface area contributed by atoms with E-state index in [1.165, 1.54) is 5.56 Å². The second-order valence-electron chi connectivity index (χ2n) is 3.28. The van der Waals surface area contributed by atoms with Gasteiger partial charge in [0.05, 0.1) is 4.83 Å². The van der Waals surface area contributed by atoms with E-state index in [-0.39, 0.29) is 0 Å². The smallest absolute Gasteiger partial charge is 0.0522 e. The van der Waals surface area contributed by atoms with Crippen LogP contribution in [0.2, 0.25) is 0 Å². The summed E-state index contributed by atoms with van der Waals surface area (Å²) in [6.45, 7) is 1.02. The number of hydrogen-bond acceptors (Lipinski definition) is 1. The van der Waals surface area contributed by atoms with Crippen LogP contribution in [0.5, 0.6) is 0 Å². The molecular weight excluding hydrogens is 294 g/mol. The quantitative estimate of drug-likeness (QED) is 0.773. The van der Waals surface area contributed by atoms with E-state index in [9.17, 15) is 0 Å². The molecule has 3 heteroatoms. The molecule has 1 aromatic carbocycles. The van der Waals surface area contributed by atoms with E-state index in [1.807, 2.05) is 0 Å². The molecule has 0 saturated carbocycles. The molecule has 0 aromatic heterocycles. The molecule has 1 unspecified atom stereocenters. The summed E-state index contributed by atoms with van der Waals surface area (Å²) in [5.41, 5.74) is 1.32. The maximum absolute atomic E-state index is 3.65. The highest BCUT2D eigenvalue weighted by atomic mass is 79.9. The summed E-state index contributed by atoms with van der Waals surface area (Å²) >= 11 is 7.07. The van der Waals surface area contributed by atoms with Crippen LogP contribution < -0.4 is 0 Å². The Labute approximate surface area is 96.4 Å². The highest BCUT2D eigenvalue weighted by Crippen LogP contribution is 2.24. The predicted octanol–water partition coefficient (Wildman–Crippen LogP) is 3.45. The molecule has 0 bridgehead atoms. The molecule has 0 fully saturated rings. The molecule has 1 aromatic rings. The van der Waals surface area contributed by atoms with Crippen LogP contribution in [0.3, 0.4) is 0 Å². The molecular formula is C10H13Br2N. The average Bonchev–Trinajstić information content (AvgIpc) is 2.04. The van der Waals surface area contributed by atoms with Crippen LogP contribution in [0, 0.1) is 0 Å². The minimum Gasteiger partial charge on any atom is -0.308 e. The van der Waals surface area contributed by atoms with Crippen molar-refractivity contribution in [2.75, 3.05) is 20.6 Å². The van der Waals surface area contributed by atoms with E-state index in [2.05, 4.69) is 75.1 Å². The van der Waals surface area contributed by atoms with Crippen LogP contribution in [0.1, 0.15) is 10.4 Å². The van der Waals surface area contributed by atoms with E-state index < -0.39 is 0 Å². The fourth-order valence-corrected chi connectivity index (χ4v) is 2.25. The number of alkyl halides is 1. The summed E-state index contributed by atoms with van der Waals surface area (Å²) in [4.78, 5) is 2.58. The van der Waals surface area contributed by atoms with Crippen LogP contribution in [0.15, 0.2) is 28.7 Å². The number of rotatable bonds is 3. The fraction of sp³-hybridized carbons (Fsp3) is 0.400. The molecule has 0 aliphatic heterocycles. The molecule has 0 N–H and O–H groups in total. The van der Waals surface area contributed by atoms with Crippen molar-refractivity contribution in [3.8, 4) is 0 Å². The summed E-state index contributed by atoms with van der Waals surface area (Å²) in [7, 11) is 4.15. The van der Waals surface area contributed by atoms with Crippen molar-refractivity contribution in [1.29, 1.82) is 0 Å². The molecule has 72 valence electrons. The van der Waals surface area contributed by atoms with Gasteiger partial charge >= 0.3 is 0 Å². The van der Waals surface area contributed by atoms with Gasteiger partial charge in [0.15, 0.2) is 0 Å². The number of halogens is 2. The summed E-state index contributed by atoms with van der Waals surface area (Å²) < 4.78 is 1.13. The topological polar surface area (TPSA) is 3.24 Å². The van der Waals surface area contributed by atoms with Crippen LogP contribution in [0.4, 0.5) is 0 Å². The lowest BCUT2D eigenvalue weighted by Crippen LogP contribution is -2.16. The maximum atomic E-state index is 3.65. The summed E-state index contributed by atoms with van der Waals surface area (Å²) in [5.74, 6) is 0. The molecule has 1 atom stereocenters. The zero-order valence-electron chi connectivity index (χ0n) is 7.80. The third-order valence-corrected chi connectivity index (χ3v) is 3.10. The van der Waals surface area contributed by atoms with E-state index in [0.29, 0.717) is 4.83 Å². The van der Waals surface area contributed by atoms with Gasteiger partial charge in [0.1, 0.15) is 0 Å². The van der Waals surface area contributed by atoms with E-state index in [0.717, 1.165) is 11.0 Å². The Bertz CT molecular complexity index is 256. The van der Waals surface area contributed by atoms with Crippen LogP contribution >= 0.6 is 31.9 Å². The first kappa shape index (κ1) is 11.2. The van der Waals surface area contributed by atoms with Gasteiger partial charge in [-0.2, -0.15) is 0 Å². The monoisotopic (exact) mass is 305 g/mol. The van der Waals surface area contributed by atoms with Crippen molar-refractivity contribution in [1.82, 2.24) is 4.90 Å². The second kappa shape index (κ2) is 5.13. The molecule has 0 aliphatic carbocycles. The van der Waals surface area contributed by atoms with Gasteiger partial charge < -0.3 is 4.90 Å². The average molecular weight is 307 g/mol. The van der Waals surface area contributed by atoms with Crippen molar-refractivity contribution in [2.24, 2.45) is 0 Å². The highest BCUT2D eigenvalue weighted by Gasteiger charge is 2.07. The Kier molecular flexibility index (Phi) is 4.42. The van der Waals surface area contributed by atoms with Gasteiger partial charge in [-0.05, 0) is 31.8 Å². The molecule has 0 radical (unpaired) electrons. The van der Waals surface area contributed by atoms with Crippen molar-refractivity contribution in [3.05, 3.63) is 34.3 Å². The van der Waals surface area contributed by atoms with Gasteiger partial charge in [-0.3, -0.25) is 0 Å². The summed E-state index contributed by atoms with van der Waals surface area (Å²) in [6.07, 6.45) is 0. The van der Waals surface area contributed by atoms with Crippen LogP contribution in [-0.4, -0.2) is 25.5 Å². The normalized spacial score (nSPS) is 13.3. The Morgan fingerprint density at radius 1 is 1.23 bits per heavy atom. The number of likely N-dealkylation sites (N-methyl/N-ethyl adjacent to an activating group) is 1. The number of nitrogens with zero attached hydrogens (tertiary/aromatic N) is 1. The maximum Gasteiger partial charge on any atom is 0.0522 e. The number of benzene rings is 1.